The minimum absolute atomic E-state index is 0.253. The zero-order valence-electron chi connectivity index (χ0n) is 10.1. The molecule has 1 aliphatic rings. The normalized spacial score (nSPS) is 24.7. The first-order chi connectivity index (χ1) is 8.22. The van der Waals surface area contributed by atoms with Gasteiger partial charge in [-0.05, 0) is 30.5 Å². The lowest BCUT2D eigenvalue weighted by molar-refractivity contribution is 0.383. The summed E-state index contributed by atoms with van der Waals surface area (Å²) in [4.78, 5) is 6.72. The standard InChI is InChI=1S/C13H18N4/c1-13(9-14)5-7-16(10-13)12-4-2-3-11-15-6-8-17(11)12/h2-4,6,8H,5,7,9-10,14H2,1H3. The van der Waals surface area contributed by atoms with Gasteiger partial charge in [-0.1, -0.05) is 13.0 Å². The van der Waals surface area contributed by atoms with Gasteiger partial charge in [-0.15, -0.1) is 0 Å². The monoisotopic (exact) mass is 230 g/mol. The van der Waals surface area contributed by atoms with Crippen LogP contribution in [-0.2, 0) is 0 Å². The Morgan fingerprint density at radius 1 is 1.47 bits per heavy atom. The van der Waals surface area contributed by atoms with Crippen molar-refractivity contribution in [3.05, 3.63) is 30.6 Å². The van der Waals surface area contributed by atoms with Gasteiger partial charge < -0.3 is 10.6 Å². The van der Waals surface area contributed by atoms with Gasteiger partial charge in [0.25, 0.3) is 0 Å². The lowest BCUT2D eigenvalue weighted by atomic mass is 9.90. The molecule has 0 spiro atoms. The predicted octanol–water partition coefficient (Wildman–Crippen LogP) is 1.51. The highest BCUT2D eigenvalue weighted by Crippen LogP contribution is 2.32. The van der Waals surface area contributed by atoms with Crippen LogP contribution in [0.5, 0.6) is 0 Å². The number of hydrogen-bond donors (Lipinski definition) is 1. The first-order valence-corrected chi connectivity index (χ1v) is 6.09. The highest BCUT2D eigenvalue weighted by atomic mass is 15.2. The van der Waals surface area contributed by atoms with Crippen LogP contribution in [0.2, 0.25) is 0 Å². The fourth-order valence-corrected chi connectivity index (χ4v) is 2.58. The van der Waals surface area contributed by atoms with Gasteiger partial charge in [0.05, 0.1) is 0 Å². The van der Waals surface area contributed by atoms with Crippen molar-refractivity contribution in [1.82, 2.24) is 9.38 Å². The molecule has 1 saturated heterocycles. The molecule has 0 amide bonds. The van der Waals surface area contributed by atoms with E-state index in [9.17, 15) is 0 Å². The van der Waals surface area contributed by atoms with Gasteiger partial charge in [0.2, 0.25) is 0 Å². The molecule has 1 fully saturated rings. The Morgan fingerprint density at radius 3 is 3.12 bits per heavy atom. The Kier molecular flexibility index (Phi) is 2.33. The minimum atomic E-state index is 0.253. The van der Waals surface area contributed by atoms with Crippen LogP contribution in [0.15, 0.2) is 30.6 Å². The molecule has 2 aromatic heterocycles. The third kappa shape index (κ3) is 1.69. The largest absolute Gasteiger partial charge is 0.357 e. The van der Waals surface area contributed by atoms with Crippen molar-refractivity contribution in [2.45, 2.75) is 13.3 Å². The Labute approximate surface area is 101 Å². The summed E-state index contributed by atoms with van der Waals surface area (Å²) in [5.41, 5.74) is 7.11. The molecule has 17 heavy (non-hydrogen) atoms. The van der Waals surface area contributed by atoms with Gasteiger partial charge in [0.15, 0.2) is 0 Å². The average molecular weight is 230 g/mol. The molecule has 0 radical (unpaired) electrons. The van der Waals surface area contributed by atoms with E-state index in [0.717, 1.165) is 31.7 Å². The van der Waals surface area contributed by atoms with Crippen molar-refractivity contribution in [3.63, 3.8) is 0 Å². The SMILES string of the molecule is CC1(CN)CCN(c2cccc3nccn23)C1. The smallest absolute Gasteiger partial charge is 0.138 e. The van der Waals surface area contributed by atoms with Crippen LogP contribution in [0.25, 0.3) is 5.65 Å². The number of hydrogen-bond acceptors (Lipinski definition) is 3. The van der Waals surface area contributed by atoms with Crippen LogP contribution in [0.4, 0.5) is 5.82 Å². The molecule has 2 aromatic rings. The van der Waals surface area contributed by atoms with E-state index < -0.39 is 0 Å². The topological polar surface area (TPSA) is 46.6 Å². The average Bonchev–Trinajstić information content (AvgIpc) is 2.95. The van der Waals surface area contributed by atoms with Crippen molar-refractivity contribution in [2.24, 2.45) is 11.1 Å². The predicted molar refractivity (Wildman–Crippen MR) is 69.2 cm³/mol. The summed E-state index contributed by atoms with van der Waals surface area (Å²) in [6, 6.07) is 6.24. The molecule has 0 aromatic carbocycles. The molecule has 1 atom stereocenters. The van der Waals surface area contributed by atoms with Crippen LogP contribution in [0, 0.1) is 5.41 Å². The molecule has 1 unspecified atom stereocenters. The van der Waals surface area contributed by atoms with E-state index in [1.165, 1.54) is 5.82 Å². The molecule has 2 N–H and O–H groups in total. The number of imidazole rings is 1. The van der Waals surface area contributed by atoms with E-state index in [0.29, 0.717) is 0 Å². The van der Waals surface area contributed by atoms with Gasteiger partial charge >= 0.3 is 0 Å². The molecular weight excluding hydrogens is 212 g/mol. The van der Waals surface area contributed by atoms with Gasteiger partial charge in [0, 0.05) is 25.5 Å². The van der Waals surface area contributed by atoms with Crippen LogP contribution >= 0.6 is 0 Å². The highest BCUT2D eigenvalue weighted by molar-refractivity contribution is 5.52. The van der Waals surface area contributed by atoms with Crippen LogP contribution in [0.1, 0.15) is 13.3 Å². The third-order valence-corrected chi connectivity index (χ3v) is 3.78. The van der Waals surface area contributed by atoms with Crippen molar-refractivity contribution in [3.8, 4) is 0 Å². The maximum Gasteiger partial charge on any atom is 0.138 e. The number of nitrogens with zero attached hydrogens (tertiary/aromatic N) is 3. The summed E-state index contributed by atoms with van der Waals surface area (Å²) in [6.07, 6.45) is 5.02. The summed E-state index contributed by atoms with van der Waals surface area (Å²) >= 11 is 0. The fraction of sp³-hybridized carbons (Fsp3) is 0.462. The van der Waals surface area contributed by atoms with E-state index in [-0.39, 0.29) is 5.41 Å². The van der Waals surface area contributed by atoms with Crippen LogP contribution in [-0.4, -0.2) is 29.0 Å². The molecule has 3 rings (SSSR count). The zero-order chi connectivity index (χ0) is 11.9. The van der Waals surface area contributed by atoms with E-state index in [1.807, 2.05) is 18.5 Å². The number of pyridine rings is 1. The zero-order valence-corrected chi connectivity index (χ0v) is 10.1. The van der Waals surface area contributed by atoms with Gasteiger partial charge in [-0.3, -0.25) is 4.40 Å². The summed E-state index contributed by atoms with van der Waals surface area (Å²) in [6.45, 7) is 5.12. The Balaban J connectivity index is 1.98. The molecule has 0 saturated carbocycles. The third-order valence-electron chi connectivity index (χ3n) is 3.78. The second-order valence-electron chi connectivity index (χ2n) is 5.23. The van der Waals surface area contributed by atoms with Crippen LogP contribution < -0.4 is 10.6 Å². The summed E-state index contributed by atoms with van der Waals surface area (Å²) in [5.74, 6) is 1.22. The Morgan fingerprint density at radius 2 is 2.35 bits per heavy atom. The van der Waals surface area contributed by atoms with E-state index >= 15 is 0 Å². The van der Waals surface area contributed by atoms with Gasteiger partial charge in [-0.2, -0.15) is 0 Å². The molecule has 1 aliphatic heterocycles. The lowest BCUT2D eigenvalue weighted by Crippen LogP contribution is -2.31. The highest BCUT2D eigenvalue weighted by Gasteiger charge is 2.33. The van der Waals surface area contributed by atoms with E-state index in [2.05, 4.69) is 33.3 Å². The Hall–Kier alpha value is -1.55. The quantitative estimate of drug-likeness (QED) is 0.850. The molecule has 3 heterocycles. The second-order valence-corrected chi connectivity index (χ2v) is 5.23. The van der Waals surface area contributed by atoms with Gasteiger partial charge in [0.1, 0.15) is 11.5 Å². The number of nitrogens with two attached hydrogens (primary N) is 1. The van der Waals surface area contributed by atoms with E-state index in [1.54, 1.807) is 0 Å². The van der Waals surface area contributed by atoms with Gasteiger partial charge in [-0.25, -0.2) is 4.98 Å². The fourth-order valence-electron chi connectivity index (χ4n) is 2.58. The Bertz CT molecular complexity index is 533. The second kappa shape index (κ2) is 3.74. The molecule has 4 heteroatoms. The molecule has 90 valence electrons. The summed E-state index contributed by atoms with van der Waals surface area (Å²) in [7, 11) is 0. The summed E-state index contributed by atoms with van der Waals surface area (Å²) < 4.78 is 2.14. The summed E-state index contributed by atoms with van der Waals surface area (Å²) in [5, 5.41) is 0. The van der Waals surface area contributed by atoms with Crippen molar-refractivity contribution >= 4 is 11.5 Å². The number of rotatable bonds is 2. The molecule has 0 aliphatic carbocycles. The van der Waals surface area contributed by atoms with Crippen molar-refractivity contribution in [2.75, 3.05) is 24.5 Å². The molecule has 4 nitrogen and oxygen atoms in total. The van der Waals surface area contributed by atoms with Crippen molar-refractivity contribution < 1.29 is 0 Å². The van der Waals surface area contributed by atoms with Crippen LogP contribution in [0.3, 0.4) is 0 Å². The number of anilines is 1. The van der Waals surface area contributed by atoms with E-state index in [4.69, 9.17) is 5.73 Å². The maximum absolute atomic E-state index is 5.86. The lowest BCUT2D eigenvalue weighted by Gasteiger charge is -2.24. The number of fused-ring (bicyclic) bond motifs is 1. The molecular formula is C13H18N4. The maximum atomic E-state index is 5.86. The first-order valence-electron chi connectivity index (χ1n) is 6.09. The first kappa shape index (κ1) is 10.6. The molecule has 0 bridgehead atoms. The number of aromatic nitrogens is 2. The van der Waals surface area contributed by atoms with Crippen molar-refractivity contribution in [1.29, 1.82) is 0 Å². The minimum Gasteiger partial charge on any atom is -0.357 e.